The van der Waals surface area contributed by atoms with Gasteiger partial charge in [-0.15, -0.1) is 0 Å². The Balaban J connectivity index is 2.77. The molecule has 0 spiro atoms. The first-order chi connectivity index (χ1) is 8.19. The summed E-state index contributed by atoms with van der Waals surface area (Å²) < 4.78 is 6.13. The van der Waals surface area contributed by atoms with Gasteiger partial charge in [-0.3, -0.25) is 0 Å². The first kappa shape index (κ1) is 14.0. The van der Waals surface area contributed by atoms with Crippen LogP contribution in [-0.4, -0.2) is 19.7 Å². The molecule has 0 amide bonds. The minimum atomic E-state index is 0.268. The second-order valence-corrected chi connectivity index (χ2v) is 4.78. The second kappa shape index (κ2) is 7.33. The van der Waals surface area contributed by atoms with Crippen LogP contribution in [0.3, 0.4) is 0 Å². The molecular formula is C15H25NO. The minimum Gasteiger partial charge on any atom is -0.489 e. The molecule has 17 heavy (non-hydrogen) atoms. The zero-order valence-corrected chi connectivity index (χ0v) is 11.5. The molecular weight excluding hydrogens is 210 g/mol. The molecule has 0 heterocycles. The van der Waals surface area contributed by atoms with E-state index in [4.69, 9.17) is 4.74 Å². The smallest absolute Gasteiger partial charge is 0.123 e. The van der Waals surface area contributed by atoms with Gasteiger partial charge in [0, 0.05) is 6.54 Å². The number of hydrogen-bond acceptors (Lipinski definition) is 2. The van der Waals surface area contributed by atoms with E-state index in [0.29, 0.717) is 5.92 Å². The molecule has 1 rings (SSSR count). The summed E-state index contributed by atoms with van der Waals surface area (Å²) in [6.45, 7) is 7.50. The quantitative estimate of drug-likeness (QED) is 0.780. The minimum absolute atomic E-state index is 0.268. The lowest BCUT2D eigenvalue weighted by atomic mass is 10.0. The van der Waals surface area contributed by atoms with Crippen molar-refractivity contribution in [1.29, 1.82) is 0 Å². The lowest BCUT2D eigenvalue weighted by Crippen LogP contribution is -2.29. The van der Waals surface area contributed by atoms with Gasteiger partial charge >= 0.3 is 0 Å². The molecule has 1 unspecified atom stereocenters. The van der Waals surface area contributed by atoms with Gasteiger partial charge in [0.2, 0.25) is 0 Å². The largest absolute Gasteiger partial charge is 0.489 e. The molecule has 0 aliphatic heterocycles. The summed E-state index contributed by atoms with van der Waals surface area (Å²) in [5.41, 5.74) is 1.30. The summed E-state index contributed by atoms with van der Waals surface area (Å²) in [5, 5.41) is 3.20. The van der Waals surface area contributed by atoms with Crippen molar-refractivity contribution in [3.8, 4) is 5.75 Å². The Labute approximate surface area is 105 Å². The van der Waals surface area contributed by atoms with Crippen molar-refractivity contribution in [1.82, 2.24) is 5.32 Å². The molecule has 0 aliphatic carbocycles. The Morgan fingerprint density at radius 1 is 1.24 bits per heavy atom. The number of hydrogen-bond donors (Lipinski definition) is 1. The van der Waals surface area contributed by atoms with Gasteiger partial charge in [-0.25, -0.2) is 0 Å². The summed E-state index contributed by atoms with van der Waals surface area (Å²) >= 11 is 0. The summed E-state index contributed by atoms with van der Waals surface area (Å²) in [6, 6.07) is 8.36. The Hall–Kier alpha value is -1.02. The van der Waals surface area contributed by atoms with Crippen molar-refractivity contribution < 1.29 is 4.74 Å². The third-order valence-electron chi connectivity index (χ3n) is 2.88. The summed E-state index contributed by atoms with van der Waals surface area (Å²) in [6.07, 6.45) is 2.51. The second-order valence-electron chi connectivity index (χ2n) is 4.78. The molecule has 0 saturated carbocycles. The van der Waals surface area contributed by atoms with Gasteiger partial charge in [0.05, 0.1) is 0 Å². The van der Waals surface area contributed by atoms with E-state index < -0.39 is 0 Å². The van der Waals surface area contributed by atoms with Gasteiger partial charge in [0.1, 0.15) is 11.9 Å². The third-order valence-corrected chi connectivity index (χ3v) is 2.88. The van der Waals surface area contributed by atoms with Crippen molar-refractivity contribution in [3.63, 3.8) is 0 Å². The normalized spacial score (nSPS) is 12.8. The summed E-state index contributed by atoms with van der Waals surface area (Å²) in [4.78, 5) is 0. The van der Waals surface area contributed by atoms with Crippen LogP contribution in [0.5, 0.6) is 5.75 Å². The molecule has 0 fully saturated rings. The fourth-order valence-corrected chi connectivity index (χ4v) is 2.00. The average molecular weight is 235 g/mol. The monoisotopic (exact) mass is 235 g/mol. The van der Waals surface area contributed by atoms with E-state index in [2.05, 4.69) is 44.3 Å². The van der Waals surface area contributed by atoms with E-state index in [1.54, 1.807) is 0 Å². The molecule has 2 heteroatoms. The van der Waals surface area contributed by atoms with E-state index in [1.165, 1.54) is 5.56 Å². The summed E-state index contributed by atoms with van der Waals surface area (Å²) in [7, 11) is 1.97. The molecule has 1 aromatic rings. The lowest BCUT2D eigenvalue weighted by molar-refractivity contribution is 0.187. The van der Waals surface area contributed by atoms with Gasteiger partial charge in [-0.1, -0.05) is 45.4 Å². The fraction of sp³-hybridized carbons (Fsp3) is 0.600. The van der Waals surface area contributed by atoms with Crippen molar-refractivity contribution >= 4 is 0 Å². The van der Waals surface area contributed by atoms with Crippen molar-refractivity contribution in [2.45, 2.75) is 45.6 Å². The molecule has 0 aromatic heterocycles. The molecule has 0 radical (unpaired) electrons. The number of rotatable bonds is 7. The van der Waals surface area contributed by atoms with Crippen molar-refractivity contribution in [2.24, 2.45) is 0 Å². The van der Waals surface area contributed by atoms with Gasteiger partial charge < -0.3 is 10.1 Å². The Morgan fingerprint density at radius 3 is 2.53 bits per heavy atom. The molecule has 0 bridgehead atoms. The maximum Gasteiger partial charge on any atom is 0.123 e. The van der Waals surface area contributed by atoms with Crippen molar-refractivity contribution in [3.05, 3.63) is 29.8 Å². The number of nitrogens with one attached hydrogen (secondary N) is 1. The third kappa shape index (κ3) is 4.39. The summed E-state index contributed by atoms with van der Waals surface area (Å²) in [5.74, 6) is 1.54. The molecule has 1 N–H and O–H groups in total. The fourth-order valence-electron chi connectivity index (χ4n) is 2.00. The molecule has 2 nitrogen and oxygen atoms in total. The first-order valence-electron chi connectivity index (χ1n) is 6.59. The molecule has 96 valence electrons. The van der Waals surface area contributed by atoms with Gasteiger partial charge in [0.25, 0.3) is 0 Å². The van der Waals surface area contributed by atoms with Crippen LogP contribution in [0.4, 0.5) is 0 Å². The van der Waals surface area contributed by atoms with Crippen LogP contribution >= 0.6 is 0 Å². The standard InChI is InChI=1S/C15H25NO/c1-5-8-13(11-16-4)17-15-10-7-6-9-14(15)12(2)3/h6-7,9-10,12-13,16H,5,8,11H2,1-4H3. The van der Waals surface area contributed by atoms with E-state index in [1.807, 2.05) is 13.1 Å². The maximum atomic E-state index is 6.13. The van der Waals surface area contributed by atoms with E-state index >= 15 is 0 Å². The SMILES string of the molecule is CCCC(CNC)Oc1ccccc1C(C)C. The number of ether oxygens (including phenoxy) is 1. The molecule has 0 saturated heterocycles. The predicted octanol–water partition coefficient (Wildman–Crippen LogP) is 3.58. The van der Waals surface area contributed by atoms with Crippen LogP contribution in [-0.2, 0) is 0 Å². The Bertz CT molecular complexity index is 316. The van der Waals surface area contributed by atoms with Crippen LogP contribution in [0.25, 0.3) is 0 Å². The highest BCUT2D eigenvalue weighted by molar-refractivity contribution is 5.35. The first-order valence-corrected chi connectivity index (χ1v) is 6.59. The number of benzene rings is 1. The zero-order valence-electron chi connectivity index (χ0n) is 11.5. The highest BCUT2D eigenvalue weighted by Gasteiger charge is 2.12. The zero-order chi connectivity index (χ0) is 12.7. The predicted molar refractivity (Wildman–Crippen MR) is 73.8 cm³/mol. The van der Waals surface area contributed by atoms with Crippen LogP contribution in [0.1, 0.15) is 45.1 Å². The number of para-hydroxylation sites is 1. The van der Waals surface area contributed by atoms with Crippen molar-refractivity contribution in [2.75, 3.05) is 13.6 Å². The highest BCUT2D eigenvalue weighted by atomic mass is 16.5. The molecule has 1 atom stereocenters. The number of likely N-dealkylation sites (N-methyl/N-ethyl adjacent to an activating group) is 1. The van der Waals surface area contributed by atoms with E-state index in [0.717, 1.165) is 25.1 Å². The Morgan fingerprint density at radius 2 is 1.94 bits per heavy atom. The van der Waals surface area contributed by atoms with Gasteiger partial charge in [0.15, 0.2) is 0 Å². The van der Waals surface area contributed by atoms with Gasteiger partial charge in [-0.05, 0) is 31.0 Å². The van der Waals surface area contributed by atoms with Crippen LogP contribution in [0.15, 0.2) is 24.3 Å². The van der Waals surface area contributed by atoms with Crippen LogP contribution < -0.4 is 10.1 Å². The molecule has 0 aliphatic rings. The molecule has 1 aromatic carbocycles. The highest BCUT2D eigenvalue weighted by Crippen LogP contribution is 2.27. The topological polar surface area (TPSA) is 21.3 Å². The van der Waals surface area contributed by atoms with E-state index in [9.17, 15) is 0 Å². The lowest BCUT2D eigenvalue weighted by Gasteiger charge is -2.21. The average Bonchev–Trinajstić information content (AvgIpc) is 2.30. The Kier molecular flexibility index (Phi) is 6.06. The van der Waals surface area contributed by atoms with E-state index in [-0.39, 0.29) is 6.10 Å². The van der Waals surface area contributed by atoms with Crippen LogP contribution in [0.2, 0.25) is 0 Å². The maximum absolute atomic E-state index is 6.13. The van der Waals surface area contributed by atoms with Gasteiger partial charge in [-0.2, -0.15) is 0 Å². The van der Waals surface area contributed by atoms with Crippen LogP contribution in [0, 0.1) is 0 Å².